The standard InChI is InChI=1S/C11H14BrN3O3S/c12-7-1-3-10(9(13)5-7)19(17,18)15-8-2-4-11(16)14-6-8/h1,3,5,8,15H,2,4,6,13H2,(H,14,16). The first-order chi connectivity index (χ1) is 8.88. The van der Waals surface area contributed by atoms with Crippen LogP contribution in [-0.4, -0.2) is 26.9 Å². The lowest BCUT2D eigenvalue weighted by Crippen LogP contribution is -2.47. The van der Waals surface area contributed by atoms with Gasteiger partial charge in [0, 0.05) is 23.5 Å². The van der Waals surface area contributed by atoms with E-state index in [9.17, 15) is 13.2 Å². The van der Waals surface area contributed by atoms with Crippen molar-refractivity contribution in [3.8, 4) is 0 Å². The fourth-order valence-electron chi connectivity index (χ4n) is 1.88. The highest BCUT2D eigenvalue weighted by atomic mass is 79.9. The molecule has 0 spiro atoms. The average Bonchev–Trinajstić information content (AvgIpc) is 2.31. The van der Waals surface area contributed by atoms with Crippen molar-refractivity contribution in [2.75, 3.05) is 12.3 Å². The van der Waals surface area contributed by atoms with Gasteiger partial charge in [0.15, 0.2) is 0 Å². The maximum Gasteiger partial charge on any atom is 0.242 e. The van der Waals surface area contributed by atoms with Crippen LogP contribution in [0.4, 0.5) is 5.69 Å². The number of hydrogen-bond donors (Lipinski definition) is 3. The smallest absolute Gasteiger partial charge is 0.242 e. The van der Waals surface area contributed by atoms with Crippen molar-refractivity contribution in [1.29, 1.82) is 0 Å². The van der Waals surface area contributed by atoms with E-state index in [1.807, 2.05) is 0 Å². The maximum absolute atomic E-state index is 12.2. The molecule has 0 aromatic heterocycles. The molecule has 1 saturated heterocycles. The van der Waals surface area contributed by atoms with Gasteiger partial charge < -0.3 is 11.1 Å². The molecule has 6 nitrogen and oxygen atoms in total. The van der Waals surface area contributed by atoms with Crippen LogP contribution in [0.3, 0.4) is 0 Å². The number of amides is 1. The largest absolute Gasteiger partial charge is 0.398 e. The average molecular weight is 348 g/mol. The lowest BCUT2D eigenvalue weighted by atomic mass is 10.1. The molecular weight excluding hydrogens is 334 g/mol. The predicted octanol–water partition coefficient (Wildman–Crippen LogP) is 0.588. The summed E-state index contributed by atoms with van der Waals surface area (Å²) in [4.78, 5) is 11.1. The fraction of sp³-hybridized carbons (Fsp3) is 0.364. The summed E-state index contributed by atoms with van der Waals surface area (Å²) in [5.74, 6) is -0.0568. The van der Waals surface area contributed by atoms with Crippen LogP contribution in [0.5, 0.6) is 0 Å². The van der Waals surface area contributed by atoms with Gasteiger partial charge >= 0.3 is 0 Å². The second-order valence-electron chi connectivity index (χ2n) is 4.34. The molecule has 8 heteroatoms. The molecule has 19 heavy (non-hydrogen) atoms. The van der Waals surface area contributed by atoms with E-state index >= 15 is 0 Å². The van der Waals surface area contributed by atoms with Gasteiger partial charge in [-0.3, -0.25) is 4.79 Å². The van der Waals surface area contributed by atoms with Gasteiger partial charge in [-0.15, -0.1) is 0 Å². The zero-order valence-corrected chi connectivity index (χ0v) is 12.4. The first kappa shape index (κ1) is 14.3. The van der Waals surface area contributed by atoms with Crippen LogP contribution < -0.4 is 15.8 Å². The number of sulfonamides is 1. The molecule has 2 rings (SSSR count). The summed E-state index contributed by atoms with van der Waals surface area (Å²) < 4.78 is 27.7. The number of rotatable bonds is 3. The molecule has 1 atom stereocenters. The molecule has 1 heterocycles. The summed E-state index contributed by atoms with van der Waals surface area (Å²) in [5.41, 5.74) is 5.90. The number of nitrogens with one attached hydrogen (secondary N) is 2. The van der Waals surface area contributed by atoms with Crippen molar-refractivity contribution >= 4 is 37.5 Å². The van der Waals surface area contributed by atoms with E-state index < -0.39 is 10.0 Å². The van der Waals surface area contributed by atoms with Gasteiger partial charge in [0.25, 0.3) is 0 Å². The number of nitrogens with two attached hydrogens (primary N) is 1. The highest BCUT2D eigenvalue weighted by Crippen LogP contribution is 2.23. The number of carbonyl (C=O) groups excluding carboxylic acids is 1. The molecule has 1 aromatic rings. The Labute approximate surface area is 119 Å². The van der Waals surface area contributed by atoms with Gasteiger partial charge in [0.05, 0.1) is 5.69 Å². The quantitative estimate of drug-likeness (QED) is 0.696. The van der Waals surface area contributed by atoms with Gasteiger partial charge in [-0.1, -0.05) is 15.9 Å². The minimum Gasteiger partial charge on any atom is -0.398 e. The van der Waals surface area contributed by atoms with E-state index in [0.717, 1.165) is 0 Å². The SMILES string of the molecule is Nc1cc(Br)ccc1S(=O)(=O)NC1CCC(=O)NC1. The number of hydrogen-bond acceptors (Lipinski definition) is 4. The van der Waals surface area contributed by atoms with Crippen LogP contribution >= 0.6 is 15.9 Å². The molecular formula is C11H14BrN3O3S. The third-order valence-electron chi connectivity index (χ3n) is 2.85. The van der Waals surface area contributed by atoms with Crippen molar-refractivity contribution in [3.05, 3.63) is 22.7 Å². The molecule has 4 N–H and O–H groups in total. The predicted molar refractivity (Wildman–Crippen MR) is 74.9 cm³/mol. The minimum atomic E-state index is -3.67. The van der Waals surface area contributed by atoms with Gasteiger partial charge in [-0.25, -0.2) is 13.1 Å². The molecule has 1 fully saturated rings. The lowest BCUT2D eigenvalue weighted by molar-refractivity contribution is -0.122. The zero-order valence-electron chi connectivity index (χ0n) is 10.0. The Kier molecular flexibility index (Phi) is 4.12. The molecule has 104 valence electrons. The van der Waals surface area contributed by atoms with Crippen LogP contribution in [0.1, 0.15) is 12.8 Å². The number of piperidine rings is 1. The van der Waals surface area contributed by atoms with E-state index in [1.54, 1.807) is 6.07 Å². The number of benzene rings is 1. The van der Waals surface area contributed by atoms with Crippen LogP contribution in [-0.2, 0) is 14.8 Å². The Hall–Kier alpha value is -1.12. The highest BCUT2D eigenvalue weighted by molar-refractivity contribution is 9.10. The van der Waals surface area contributed by atoms with E-state index in [1.165, 1.54) is 12.1 Å². The van der Waals surface area contributed by atoms with Crippen molar-refractivity contribution in [2.24, 2.45) is 0 Å². The van der Waals surface area contributed by atoms with E-state index in [0.29, 0.717) is 23.9 Å². The molecule has 1 aromatic carbocycles. The van der Waals surface area contributed by atoms with Crippen LogP contribution in [0.2, 0.25) is 0 Å². The van der Waals surface area contributed by atoms with E-state index in [4.69, 9.17) is 5.73 Å². The minimum absolute atomic E-state index is 0.0487. The molecule has 1 amide bonds. The van der Waals surface area contributed by atoms with Gasteiger partial charge in [0.1, 0.15) is 4.90 Å². The van der Waals surface area contributed by atoms with Crippen molar-refractivity contribution < 1.29 is 13.2 Å². The monoisotopic (exact) mass is 347 g/mol. The van der Waals surface area contributed by atoms with Crippen molar-refractivity contribution in [1.82, 2.24) is 10.0 Å². The summed E-state index contributed by atoms with van der Waals surface area (Å²) in [6.45, 7) is 0.300. The summed E-state index contributed by atoms with van der Waals surface area (Å²) in [6.07, 6.45) is 0.810. The molecule has 0 radical (unpaired) electrons. The lowest BCUT2D eigenvalue weighted by Gasteiger charge is -2.23. The maximum atomic E-state index is 12.2. The number of nitrogen functional groups attached to an aromatic ring is 1. The van der Waals surface area contributed by atoms with E-state index in [-0.39, 0.29) is 22.5 Å². The van der Waals surface area contributed by atoms with E-state index in [2.05, 4.69) is 26.0 Å². The Morgan fingerprint density at radius 1 is 1.42 bits per heavy atom. The van der Waals surface area contributed by atoms with Crippen LogP contribution in [0.15, 0.2) is 27.6 Å². The first-order valence-corrected chi connectivity index (χ1v) is 8.00. The summed E-state index contributed by atoms with van der Waals surface area (Å²) >= 11 is 3.23. The molecule has 0 aliphatic carbocycles. The normalized spacial score (nSPS) is 20.1. The Morgan fingerprint density at radius 3 is 2.74 bits per heavy atom. The Balaban J connectivity index is 2.16. The first-order valence-electron chi connectivity index (χ1n) is 5.72. The van der Waals surface area contributed by atoms with Crippen molar-refractivity contribution in [3.63, 3.8) is 0 Å². The molecule has 0 saturated carbocycles. The van der Waals surface area contributed by atoms with Gasteiger partial charge in [-0.05, 0) is 24.6 Å². The topological polar surface area (TPSA) is 101 Å². The van der Waals surface area contributed by atoms with Crippen LogP contribution in [0, 0.1) is 0 Å². The second kappa shape index (κ2) is 5.48. The third kappa shape index (κ3) is 3.46. The third-order valence-corrected chi connectivity index (χ3v) is 4.94. The highest BCUT2D eigenvalue weighted by Gasteiger charge is 2.25. The number of halogens is 1. The summed E-state index contributed by atoms with van der Waals surface area (Å²) in [5, 5.41) is 2.63. The second-order valence-corrected chi connectivity index (χ2v) is 6.94. The molecule has 0 bridgehead atoms. The molecule has 1 aliphatic heterocycles. The van der Waals surface area contributed by atoms with Gasteiger partial charge in [-0.2, -0.15) is 0 Å². The summed E-state index contributed by atoms with van der Waals surface area (Å²) in [7, 11) is -3.67. The molecule has 1 unspecified atom stereocenters. The Morgan fingerprint density at radius 2 is 2.16 bits per heavy atom. The van der Waals surface area contributed by atoms with Crippen LogP contribution in [0.25, 0.3) is 0 Å². The van der Waals surface area contributed by atoms with Crippen molar-refractivity contribution in [2.45, 2.75) is 23.8 Å². The fourth-order valence-corrected chi connectivity index (χ4v) is 3.64. The molecule has 1 aliphatic rings. The van der Waals surface area contributed by atoms with Gasteiger partial charge in [0.2, 0.25) is 15.9 Å². The summed E-state index contributed by atoms with van der Waals surface area (Å²) in [6, 6.07) is 4.30. The number of anilines is 1. The Bertz CT molecular complexity index is 593. The number of carbonyl (C=O) groups is 1. The zero-order chi connectivity index (χ0) is 14.0.